The zero-order valence-electron chi connectivity index (χ0n) is 24.3. The van der Waals surface area contributed by atoms with Crippen LogP contribution in [0.5, 0.6) is 5.75 Å². The molecule has 0 aliphatic rings. The standard InChI is InChI=1S/C27H37BrO3.C6H5BrO3S/c1-2-3-4-5-6-7-8-9-11-15-23-18-19-26(25(28)22-23)30-20-14-21-31-27(29)24-16-12-10-13-17-24;7-5-1-3-6(4-2-5)11(8,9)10/h10,12-13,16-19,22H,2-9,11,14-15,20-21H2,1H3;1-4H,(H,8,9,10). The quantitative estimate of drug-likeness (QED) is 0.0847. The molecular formula is C33H42Br2O6S. The van der Waals surface area contributed by atoms with E-state index in [0.717, 1.165) is 21.1 Å². The summed E-state index contributed by atoms with van der Waals surface area (Å²) in [6.45, 7) is 3.13. The molecular weight excluding hydrogens is 684 g/mol. The summed E-state index contributed by atoms with van der Waals surface area (Å²) in [7, 11) is -4.04. The Bertz CT molecular complexity index is 1280. The Labute approximate surface area is 268 Å². The fraction of sp³-hybridized carbons (Fsp3) is 0.424. The van der Waals surface area contributed by atoms with Crippen LogP contribution in [0.3, 0.4) is 0 Å². The molecule has 3 aromatic rings. The van der Waals surface area contributed by atoms with Crippen LogP contribution in [-0.2, 0) is 21.3 Å². The van der Waals surface area contributed by atoms with Crippen LogP contribution in [-0.4, -0.2) is 32.2 Å². The van der Waals surface area contributed by atoms with Crippen molar-refractivity contribution in [2.45, 2.75) is 82.4 Å². The van der Waals surface area contributed by atoms with Gasteiger partial charge < -0.3 is 9.47 Å². The Balaban J connectivity index is 0.000000468. The van der Waals surface area contributed by atoms with Crippen LogP contribution < -0.4 is 4.74 Å². The number of aryl methyl sites for hydroxylation is 1. The molecule has 0 amide bonds. The van der Waals surface area contributed by atoms with Crippen molar-refractivity contribution in [3.05, 3.63) is 92.9 Å². The molecule has 0 bridgehead atoms. The number of esters is 1. The highest BCUT2D eigenvalue weighted by Gasteiger charge is 2.08. The van der Waals surface area contributed by atoms with E-state index in [4.69, 9.17) is 14.0 Å². The van der Waals surface area contributed by atoms with Gasteiger partial charge in [0.25, 0.3) is 10.1 Å². The predicted molar refractivity (Wildman–Crippen MR) is 176 cm³/mol. The van der Waals surface area contributed by atoms with E-state index in [2.05, 4.69) is 50.9 Å². The molecule has 0 aliphatic carbocycles. The SMILES string of the molecule is CCCCCCCCCCCc1ccc(OCCCOC(=O)c2ccccc2)c(Br)c1.O=S(=O)(O)c1ccc(Br)cc1. The summed E-state index contributed by atoms with van der Waals surface area (Å²) in [4.78, 5) is 11.8. The number of carbonyl (C=O) groups is 1. The van der Waals surface area contributed by atoms with E-state index in [1.54, 1.807) is 24.3 Å². The largest absolute Gasteiger partial charge is 0.492 e. The maximum Gasteiger partial charge on any atom is 0.338 e. The van der Waals surface area contributed by atoms with Crippen molar-refractivity contribution >= 4 is 47.9 Å². The third-order valence-corrected chi connectivity index (χ3v) is 8.48. The predicted octanol–water partition coefficient (Wildman–Crippen LogP) is 9.84. The molecule has 0 aromatic heterocycles. The summed E-state index contributed by atoms with van der Waals surface area (Å²) < 4.78 is 42.4. The normalized spacial score (nSPS) is 11.0. The molecule has 0 saturated heterocycles. The number of carbonyl (C=O) groups excluding carboxylic acids is 1. The third kappa shape index (κ3) is 15.3. The first kappa shape index (κ1) is 36.0. The van der Waals surface area contributed by atoms with Crippen molar-refractivity contribution in [3.63, 3.8) is 0 Å². The summed E-state index contributed by atoms with van der Waals surface area (Å²) in [5.41, 5.74) is 1.92. The van der Waals surface area contributed by atoms with Crippen molar-refractivity contribution in [2.75, 3.05) is 13.2 Å². The Kier molecular flexibility index (Phi) is 17.7. The third-order valence-electron chi connectivity index (χ3n) is 6.47. The highest BCUT2D eigenvalue weighted by molar-refractivity contribution is 9.10. The van der Waals surface area contributed by atoms with Gasteiger partial charge in [-0.2, -0.15) is 8.42 Å². The van der Waals surface area contributed by atoms with Crippen LogP contribution in [0.1, 0.15) is 87.1 Å². The Morgan fingerprint density at radius 3 is 1.98 bits per heavy atom. The van der Waals surface area contributed by atoms with Crippen molar-refractivity contribution in [1.82, 2.24) is 0 Å². The zero-order valence-corrected chi connectivity index (χ0v) is 28.3. The minimum Gasteiger partial charge on any atom is -0.492 e. The van der Waals surface area contributed by atoms with E-state index in [-0.39, 0.29) is 10.9 Å². The fourth-order valence-corrected chi connectivity index (χ4v) is 5.41. The topological polar surface area (TPSA) is 89.9 Å². The number of hydrogen-bond donors (Lipinski definition) is 1. The van der Waals surface area contributed by atoms with E-state index in [0.29, 0.717) is 25.2 Å². The Morgan fingerprint density at radius 2 is 1.38 bits per heavy atom. The van der Waals surface area contributed by atoms with Gasteiger partial charge >= 0.3 is 5.97 Å². The molecule has 0 unspecified atom stereocenters. The molecule has 0 saturated carbocycles. The van der Waals surface area contributed by atoms with Crippen molar-refractivity contribution in [3.8, 4) is 5.75 Å². The van der Waals surface area contributed by atoms with Gasteiger partial charge in [0.05, 0.1) is 28.1 Å². The van der Waals surface area contributed by atoms with Gasteiger partial charge in [-0.05, 0) is 82.9 Å². The lowest BCUT2D eigenvalue weighted by Gasteiger charge is -2.10. The molecule has 0 fully saturated rings. The average Bonchev–Trinajstić information content (AvgIpc) is 2.97. The first-order valence-electron chi connectivity index (χ1n) is 14.6. The maximum atomic E-state index is 11.9. The molecule has 1 N–H and O–H groups in total. The highest BCUT2D eigenvalue weighted by atomic mass is 79.9. The van der Waals surface area contributed by atoms with Crippen LogP contribution in [0, 0.1) is 0 Å². The molecule has 230 valence electrons. The first-order chi connectivity index (χ1) is 20.2. The maximum absolute atomic E-state index is 11.9. The van der Waals surface area contributed by atoms with Crippen LogP contribution in [0.2, 0.25) is 0 Å². The first-order valence-corrected chi connectivity index (χ1v) is 17.6. The van der Waals surface area contributed by atoms with Crippen molar-refractivity contribution in [1.29, 1.82) is 0 Å². The lowest BCUT2D eigenvalue weighted by atomic mass is 10.0. The number of halogens is 2. The van der Waals surface area contributed by atoms with Crippen molar-refractivity contribution in [2.24, 2.45) is 0 Å². The zero-order chi connectivity index (χ0) is 30.6. The molecule has 0 aliphatic heterocycles. The molecule has 3 rings (SSSR count). The van der Waals surface area contributed by atoms with Crippen LogP contribution in [0.15, 0.2) is 86.6 Å². The molecule has 3 aromatic carbocycles. The van der Waals surface area contributed by atoms with Crippen molar-refractivity contribution < 1.29 is 27.2 Å². The van der Waals surface area contributed by atoms with Crippen LogP contribution in [0.4, 0.5) is 0 Å². The minimum atomic E-state index is -4.04. The van der Waals surface area contributed by atoms with E-state index >= 15 is 0 Å². The second-order valence-corrected chi connectivity index (χ2v) is 13.2. The number of ether oxygens (including phenoxy) is 2. The number of rotatable bonds is 17. The molecule has 0 radical (unpaired) electrons. The number of unbranched alkanes of at least 4 members (excludes halogenated alkanes) is 8. The molecule has 6 nitrogen and oxygen atoms in total. The lowest BCUT2D eigenvalue weighted by Crippen LogP contribution is -2.09. The van der Waals surface area contributed by atoms with Gasteiger partial charge in [0, 0.05) is 10.9 Å². The van der Waals surface area contributed by atoms with Crippen LogP contribution >= 0.6 is 31.9 Å². The fourth-order valence-electron chi connectivity index (χ4n) is 4.13. The number of hydrogen-bond acceptors (Lipinski definition) is 5. The summed E-state index contributed by atoms with van der Waals surface area (Å²) in [5, 5.41) is 0. The van der Waals surface area contributed by atoms with E-state index in [1.165, 1.54) is 75.5 Å². The van der Waals surface area contributed by atoms with Crippen LogP contribution in [0.25, 0.3) is 0 Å². The van der Waals surface area contributed by atoms with E-state index in [9.17, 15) is 13.2 Å². The van der Waals surface area contributed by atoms with Gasteiger partial charge in [-0.3, -0.25) is 4.55 Å². The molecule has 42 heavy (non-hydrogen) atoms. The summed E-state index contributed by atoms with van der Waals surface area (Å²) in [6, 6.07) is 21.1. The Hall–Kier alpha value is -2.20. The summed E-state index contributed by atoms with van der Waals surface area (Å²) in [5.74, 6) is 0.549. The number of benzene rings is 3. The van der Waals surface area contributed by atoms with Gasteiger partial charge in [-0.1, -0.05) is 98.5 Å². The van der Waals surface area contributed by atoms with E-state index < -0.39 is 10.1 Å². The molecule has 0 atom stereocenters. The average molecular weight is 727 g/mol. The Morgan fingerprint density at radius 1 is 0.762 bits per heavy atom. The van der Waals surface area contributed by atoms with Gasteiger partial charge in [0.2, 0.25) is 0 Å². The molecule has 0 spiro atoms. The van der Waals surface area contributed by atoms with Gasteiger partial charge in [0.1, 0.15) is 5.75 Å². The molecule has 0 heterocycles. The smallest absolute Gasteiger partial charge is 0.338 e. The second-order valence-electron chi connectivity index (χ2n) is 9.98. The molecule has 9 heteroatoms. The minimum absolute atomic E-state index is 0.0966. The van der Waals surface area contributed by atoms with E-state index in [1.807, 2.05) is 24.3 Å². The summed E-state index contributed by atoms with van der Waals surface area (Å²) >= 11 is 6.76. The van der Waals surface area contributed by atoms with Gasteiger partial charge in [-0.25, -0.2) is 4.79 Å². The second kappa shape index (κ2) is 20.7. The summed E-state index contributed by atoms with van der Waals surface area (Å²) in [6.07, 6.45) is 14.0. The van der Waals surface area contributed by atoms with Gasteiger partial charge in [0.15, 0.2) is 0 Å². The monoisotopic (exact) mass is 724 g/mol. The lowest BCUT2D eigenvalue weighted by molar-refractivity contribution is 0.0486. The highest BCUT2D eigenvalue weighted by Crippen LogP contribution is 2.27. The van der Waals surface area contributed by atoms with Gasteiger partial charge in [-0.15, -0.1) is 0 Å².